The number of nitrogens with zero attached hydrogens (tertiary/aromatic N) is 1. The van der Waals surface area contributed by atoms with Gasteiger partial charge in [0.2, 0.25) is 0 Å². The third-order valence-corrected chi connectivity index (χ3v) is 4.65. The highest BCUT2D eigenvalue weighted by molar-refractivity contribution is 7.99. The van der Waals surface area contributed by atoms with E-state index in [4.69, 9.17) is 11.5 Å². The number of thioether (sulfide) groups is 1. The van der Waals surface area contributed by atoms with Gasteiger partial charge in [0.1, 0.15) is 0 Å². The fraction of sp³-hybridized carbons (Fsp3) is 0.429. The molecule has 0 aromatic heterocycles. The smallest absolute Gasteiger partial charge is 0.280 e. The zero-order valence-corrected chi connectivity index (χ0v) is 12.1. The zero-order valence-electron chi connectivity index (χ0n) is 11.3. The van der Waals surface area contributed by atoms with Gasteiger partial charge in [-0.1, -0.05) is 19.9 Å². The highest BCUT2D eigenvalue weighted by atomic mass is 32.2. The second kappa shape index (κ2) is 5.65. The van der Waals surface area contributed by atoms with Crippen molar-refractivity contribution in [3.05, 3.63) is 28.8 Å². The molecule has 19 heavy (non-hydrogen) atoms. The van der Waals surface area contributed by atoms with Gasteiger partial charge < -0.3 is 11.5 Å². The number of carbonyl (C=O) groups is 1. The molecule has 1 aromatic rings. The third kappa shape index (κ3) is 3.10. The maximum Gasteiger partial charge on any atom is 0.280 e. The summed E-state index contributed by atoms with van der Waals surface area (Å²) in [6.07, 6.45) is 1.87. The number of guanidine groups is 1. The van der Waals surface area contributed by atoms with Crippen LogP contribution in [0.4, 0.5) is 0 Å². The van der Waals surface area contributed by atoms with Crippen LogP contribution in [0.15, 0.2) is 22.0 Å². The molecular formula is C14H19N3OS. The number of aliphatic imine (C=N–C) groups is 1. The molecule has 0 radical (unpaired) electrons. The number of hydrogen-bond acceptors (Lipinski definition) is 2. The van der Waals surface area contributed by atoms with E-state index in [1.807, 2.05) is 13.0 Å². The largest absolute Gasteiger partial charge is 0.370 e. The summed E-state index contributed by atoms with van der Waals surface area (Å²) in [4.78, 5) is 16.9. The lowest BCUT2D eigenvalue weighted by molar-refractivity contribution is 0.100. The van der Waals surface area contributed by atoms with Gasteiger partial charge in [-0.15, -0.1) is 11.8 Å². The predicted octanol–water partition coefficient (Wildman–Crippen LogP) is 1.95. The number of benzene rings is 1. The van der Waals surface area contributed by atoms with E-state index in [9.17, 15) is 4.79 Å². The summed E-state index contributed by atoms with van der Waals surface area (Å²) in [5.41, 5.74) is 13.5. The normalized spacial score (nSPS) is 17.7. The van der Waals surface area contributed by atoms with Gasteiger partial charge in [-0.2, -0.15) is 4.99 Å². The van der Waals surface area contributed by atoms with Gasteiger partial charge in [-0.25, -0.2) is 0 Å². The number of fused-ring (bicyclic) bond motifs is 1. The van der Waals surface area contributed by atoms with Crippen LogP contribution in [0.3, 0.4) is 0 Å². The molecule has 4 nitrogen and oxygen atoms in total. The average molecular weight is 277 g/mol. The van der Waals surface area contributed by atoms with Crippen molar-refractivity contribution in [2.24, 2.45) is 22.4 Å². The first-order valence-corrected chi connectivity index (χ1v) is 7.42. The molecule has 2 rings (SSSR count). The lowest BCUT2D eigenvalue weighted by atomic mass is 9.95. The van der Waals surface area contributed by atoms with Crippen molar-refractivity contribution in [3.63, 3.8) is 0 Å². The quantitative estimate of drug-likeness (QED) is 0.639. The molecule has 0 aliphatic carbocycles. The molecule has 1 heterocycles. The van der Waals surface area contributed by atoms with Gasteiger partial charge in [-0.3, -0.25) is 4.79 Å². The molecule has 5 heteroatoms. The van der Waals surface area contributed by atoms with Crippen LogP contribution in [-0.4, -0.2) is 17.6 Å². The first-order valence-electron chi connectivity index (χ1n) is 6.43. The molecule has 0 bridgehead atoms. The van der Waals surface area contributed by atoms with E-state index in [-0.39, 0.29) is 11.9 Å². The summed E-state index contributed by atoms with van der Waals surface area (Å²) in [6.45, 7) is 4.29. The highest BCUT2D eigenvalue weighted by Crippen LogP contribution is 2.35. The van der Waals surface area contributed by atoms with Crippen LogP contribution in [0.1, 0.15) is 35.3 Å². The van der Waals surface area contributed by atoms with Gasteiger partial charge >= 0.3 is 0 Å². The van der Waals surface area contributed by atoms with Crippen molar-refractivity contribution in [1.82, 2.24) is 0 Å². The first-order chi connectivity index (χ1) is 9.01. The number of carbonyl (C=O) groups excluding carboxylic acids is 1. The Bertz CT molecular complexity index is 536. The van der Waals surface area contributed by atoms with E-state index in [0.29, 0.717) is 11.5 Å². The Labute approximate surface area is 117 Å². The highest BCUT2D eigenvalue weighted by Gasteiger charge is 2.20. The number of aryl methyl sites for hydroxylation is 1. The summed E-state index contributed by atoms with van der Waals surface area (Å²) in [6, 6.07) is 4.08. The van der Waals surface area contributed by atoms with Crippen LogP contribution < -0.4 is 11.5 Å². The molecule has 0 saturated carbocycles. The minimum Gasteiger partial charge on any atom is -0.370 e. The summed E-state index contributed by atoms with van der Waals surface area (Å²) in [5.74, 6) is 1.24. The van der Waals surface area contributed by atoms with E-state index in [1.54, 1.807) is 11.8 Å². The Kier molecular flexibility index (Phi) is 4.14. The van der Waals surface area contributed by atoms with Crippen LogP contribution in [0.25, 0.3) is 0 Å². The predicted molar refractivity (Wildman–Crippen MR) is 79.6 cm³/mol. The Balaban J connectivity index is 2.44. The van der Waals surface area contributed by atoms with Gasteiger partial charge in [0.05, 0.1) is 0 Å². The third-order valence-electron chi connectivity index (χ3n) is 3.22. The number of hydrogen-bond donors (Lipinski definition) is 2. The summed E-state index contributed by atoms with van der Waals surface area (Å²) in [5, 5.41) is 0. The molecule has 0 saturated heterocycles. The van der Waals surface area contributed by atoms with Gasteiger partial charge in [0.15, 0.2) is 5.96 Å². The van der Waals surface area contributed by atoms with Crippen LogP contribution >= 0.6 is 11.8 Å². The van der Waals surface area contributed by atoms with E-state index in [1.165, 1.54) is 10.5 Å². The molecule has 1 aromatic carbocycles. The van der Waals surface area contributed by atoms with E-state index in [2.05, 4.69) is 18.0 Å². The molecule has 1 aliphatic heterocycles. The van der Waals surface area contributed by atoms with Gasteiger partial charge in [0, 0.05) is 16.2 Å². The van der Waals surface area contributed by atoms with Gasteiger partial charge in [0.25, 0.3) is 5.91 Å². The summed E-state index contributed by atoms with van der Waals surface area (Å²) < 4.78 is 0. The lowest BCUT2D eigenvalue weighted by Gasteiger charge is -2.22. The van der Waals surface area contributed by atoms with Crippen molar-refractivity contribution < 1.29 is 4.79 Å². The lowest BCUT2D eigenvalue weighted by Crippen LogP contribution is -2.24. The molecular weight excluding hydrogens is 258 g/mol. The molecule has 0 spiro atoms. The maximum absolute atomic E-state index is 12.0. The van der Waals surface area contributed by atoms with Crippen LogP contribution in [-0.2, 0) is 12.8 Å². The topological polar surface area (TPSA) is 81.5 Å². The fourth-order valence-electron chi connectivity index (χ4n) is 2.31. The minimum absolute atomic E-state index is 0.189. The Morgan fingerprint density at radius 3 is 2.84 bits per heavy atom. The van der Waals surface area contributed by atoms with Crippen molar-refractivity contribution in [3.8, 4) is 0 Å². The second-order valence-corrected chi connectivity index (χ2v) is 5.99. The number of rotatable bonds is 2. The van der Waals surface area contributed by atoms with E-state index >= 15 is 0 Å². The Morgan fingerprint density at radius 1 is 1.47 bits per heavy atom. The van der Waals surface area contributed by atoms with Crippen molar-refractivity contribution in [1.29, 1.82) is 0 Å². The molecule has 0 fully saturated rings. The molecule has 4 N–H and O–H groups in total. The fourth-order valence-corrected chi connectivity index (χ4v) is 3.42. The van der Waals surface area contributed by atoms with E-state index in [0.717, 1.165) is 24.2 Å². The monoisotopic (exact) mass is 277 g/mol. The minimum atomic E-state index is -0.348. The number of amides is 1. The molecule has 1 amide bonds. The summed E-state index contributed by atoms with van der Waals surface area (Å²) in [7, 11) is 0. The maximum atomic E-state index is 12.0. The molecule has 1 aliphatic rings. The van der Waals surface area contributed by atoms with Crippen LogP contribution in [0, 0.1) is 5.92 Å². The first kappa shape index (κ1) is 13.9. The van der Waals surface area contributed by atoms with Crippen molar-refractivity contribution in [2.45, 2.75) is 31.6 Å². The van der Waals surface area contributed by atoms with Crippen LogP contribution in [0.5, 0.6) is 0 Å². The summed E-state index contributed by atoms with van der Waals surface area (Å²) >= 11 is 1.80. The van der Waals surface area contributed by atoms with E-state index < -0.39 is 0 Å². The standard InChI is InChI=1S/C14H19N3OS/c1-3-9-5-10-4-8(2)7-19-12(10)6-11(9)13(18)17-14(15)16/h5-6,8H,3-4,7H2,1-2H3,(H4,15,16,17,18). The molecule has 102 valence electrons. The molecule has 1 atom stereocenters. The number of nitrogens with two attached hydrogens (primary N) is 2. The Hall–Kier alpha value is -1.49. The van der Waals surface area contributed by atoms with Gasteiger partial charge in [-0.05, 0) is 36.0 Å². The average Bonchev–Trinajstić information content (AvgIpc) is 2.36. The van der Waals surface area contributed by atoms with Crippen molar-refractivity contribution in [2.75, 3.05) is 5.75 Å². The Morgan fingerprint density at radius 2 is 2.21 bits per heavy atom. The van der Waals surface area contributed by atoms with Crippen LogP contribution in [0.2, 0.25) is 0 Å². The second-order valence-electron chi connectivity index (χ2n) is 4.93. The van der Waals surface area contributed by atoms with Crippen molar-refractivity contribution >= 4 is 23.6 Å². The SMILES string of the molecule is CCc1cc2c(cc1C(=O)N=C(N)N)SCC(C)C2. The molecule has 1 unspecified atom stereocenters. The zero-order chi connectivity index (χ0) is 14.0.